The van der Waals surface area contributed by atoms with Gasteiger partial charge in [0.2, 0.25) is 0 Å². The summed E-state index contributed by atoms with van der Waals surface area (Å²) >= 11 is 0. The molecule has 0 saturated carbocycles. The maximum atomic E-state index is 13.1. The smallest absolute Gasteiger partial charge is 0.265 e. The summed E-state index contributed by atoms with van der Waals surface area (Å²) in [6.07, 6.45) is -0.188. The fourth-order valence-electron chi connectivity index (χ4n) is 3.70. The van der Waals surface area contributed by atoms with Crippen LogP contribution in [0.1, 0.15) is 23.7 Å². The maximum absolute atomic E-state index is 13.1. The van der Waals surface area contributed by atoms with Crippen LogP contribution in [0.15, 0.2) is 66.7 Å². The van der Waals surface area contributed by atoms with Crippen LogP contribution in [-0.2, 0) is 9.53 Å². The first-order valence-corrected chi connectivity index (χ1v) is 10.6. The van der Waals surface area contributed by atoms with Crippen LogP contribution in [0.4, 0.5) is 5.69 Å². The molecule has 1 N–H and O–H groups in total. The van der Waals surface area contributed by atoms with Crippen molar-refractivity contribution in [1.29, 1.82) is 0 Å². The summed E-state index contributed by atoms with van der Waals surface area (Å²) in [5.41, 5.74) is 0.960. The zero-order valence-electron chi connectivity index (χ0n) is 17.5. The highest BCUT2D eigenvalue weighted by molar-refractivity contribution is 6.04. The van der Waals surface area contributed by atoms with E-state index in [4.69, 9.17) is 9.47 Å². The van der Waals surface area contributed by atoms with Gasteiger partial charge in [0, 0.05) is 18.5 Å². The SMILES string of the molecule is CC[C@H](Oc1cccc2ccccc12)C(=O)Nc1ccccc1C(=O)N1CCOCC1. The van der Waals surface area contributed by atoms with E-state index in [1.807, 2.05) is 49.4 Å². The Kier molecular flexibility index (Phi) is 6.48. The Labute approximate surface area is 181 Å². The molecule has 4 rings (SSSR count). The Morgan fingerprint density at radius 3 is 2.52 bits per heavy atom. The average Bonchev–Trinajstić information content (AvgIpc) is 2.83. The van der Waals surface area contributed by atoms with E-state index in [9.17, 15) is 9.59 Å². The number of rotatable bonds is 6. The highest BCUT2D eigenvalue weighted by atomic mass is 16.5. The van der Waals surface area contributed by atoms with Crippen molar-refractivity contribution in [2.24, 2.45) is 0 Å². The number of carbonyl (C=O) groups excluding carboxylic acids is 2. The lowest BCUT2D eigenvalue weighted by Gasteiger charge is -2.27. The van der Waals surface area contributed by atoms with E-state index in [-0.39, 0.29) is 11.8 Å². The van der Waals surface area contributed by atoms with Crippen LogP contribution in [0.5, 0.6) is 5.75 Å². The fourth-order valence-corrected chi connectivity index (χ4v) is 3.70. The van der Waals surface area contributed by atoms with Gasteiger partial charge in [-0.1, -0.05) is 55.5 Å². The number of para-hydroxylation sites is 1. The molecule has 160 valence electrons. The van der Waals surface area contributed by atoms with Gasteiger partial charge in [0.1, 0.15) is 5.75 Å². The monoisotopic (exact) mass is 418 g/mol. The predicted molar refractivity (Wildman–Crippen MR) is 120 cm³/mol. The summed E-state index contributed by atoms with van der Waals surface area (Å²) in [4.78, 5) is 27.8. The lowest BCUT2D eigenvalue weighted by Crippen LogP contribution is -2.41. The molecule has 3 aromatic rings. The van der Waals surface area contributed by atoms with Gasteiger partial charge in [-0.2, -0.15) is 0 Å². The highest BCUT2D eigenvalue weighted by Gasteiger charge is 2.24. The zero-order chi connectivity index (χ0) is 21.6. The Balaban J connectivity index is 1.52. The first-order chi connectivity index (χ1) is 15.2. The van der Waals surface area contributed by atoms with E-state index in [0.29, 0.717) is 49.7 Å². The number of amides is 2. The molecule has 3 aromatic carbocycles. The summed E-state index contributed by atoms with van der Waals surface area (Å²) in [7, 11) is 0. The molecule has 0 unspecified atom stereocenters. The van der Waals surface area contributed by atoms with Crippen molar-refractivity contribution in [1.82, 2.24) is 4.90 Å². The number of benzene rings is 3. The van der Waals surface area contributed by atoms with Crippen molar-refractivity contribution >= 4 is 28.3 Å². The van der Waals surface area contributed by atoms with Crippen molar-refractivity contribution < 1.29 is 19.1 Å². The van der Waals surface area contributed by atoms with Crippen LogP contribution in [0, 0.1) is 0 Å². The fraction of sp³-hybridized carbons (Fsp3) is 0.280. The molecule has 0 bridgehead atoms. The number of carbonyl (C=O) groups is 2. The van der Waals surface area contributed by atoms with E-state index >= 15 is 0 Å². The van der Waals surface area contributed by atoms with Crippen LogP contribution in [0.25, 0.3) is 10.8 Å². The number of hydrogen-bond acceptors (Lipinski definition) is 4. The molecule has 1 fully saturated rings. The van der Waals surface area contributed by atoms with Gasteiger partial charge in [-0.15, -0.1) is 0 Å². The third kappa shape index (κ3) is 4.70. The van der Waals surface area contributed by atoms with Gasteiger partial charge in [0.25, 0.3) is 11.8 Å². The second-order valence-corrected chi connectivity index (χ2v) is 7.43. The first kappa shape index (κ1) is 20.9. The third-order valence-corrected chi connectivity index (χ3v) is 5.40. The Morgan fingerprint density at radius 1 is 1.00 bits per heavy atom. The molecular formula is C25H26N2O4. The average molecular weight is 418 g/mol. The predicted octanol–water partition coefficient (Wildman–Crippen LogP) is 4.11. The number of fused-ring (bicyclic) bond motifs is 1. The van der Waals surface area contributed by atoms with Gasteiger partial charge >= 0.3 is 0 Å². The van der Waals surface area contributed by atoms with E-state index in [0.717, 1.165) is 10.8 Å². The third-order valence-electron chi connectivity index (χ3n) is 5.40. The topological polar surface area (TPSA) is 67.9 Å². The molecule has 1 saturated heterocycles. The molecule has 0 spiro atoms. The summed E-state index contributed by atoms with van der Waals surface area (Å²) < 4.78 is 11.4. The van der Waals surface area contributed by atoms with Crippen LogP contribution in [0.2, 0.25) is 0 Å². The number of nitrogens with zero attached hydrogens (tertiary/aromatic N) is 1. The van der Waals surface area contributed by atoms with Gasteiger partial charge in [-0.05, 0) is 30.0 Å². The summed E-state index contributed by atoms with van der Waals surface area (Å²) in [5.74, 6) is 0.276. The molecule has 1 aliphatic heterocycles. The van der Waals surface area contributed by atoms with E-state index in [1.165, 1.54) is 0 Å². The maximum Gasteiger partial charge on any atom is 0.265 e. The largest absolute Gasteiger partial charge is 0.480 e. The van der Waals surface area contributed by atoms with Gasteiger partial charge in [-0.3, -0.25) is 9.59 Å². The summed E-state index contributed by atoms with van der Waals surface area (Å²) in [6.45, 7) is 4.04. The molecule has 2 amide bonds. The molecule has 6 nitrogen and oxygen atoms in total. The van der Waals surface area contributed by atoms with E-state index in [1.54, 1.807) is 29.2 Å². The van der Waals surface area contributed by atoms with Gasteiger partial charge in [0.15, 0.2) is 6.10 Å². The molecule has 1 heterocycles. The van der Waals surface area contributed by atoms with Crippen molar-refractivity contribution in [3.8, 4) is 5.75 Å². The zero-order valence-corrected chi connectivity index (χ0v) is 17.5. The second kappa shape index (κ2) is 9.62. The first-order valence-electron chi connectivity index (χ1n) is 10.6. The second-order valence-electron chi connectivity index (χ2n) is 7.43. The molecule has 1 atom stereocenters. The standard InChI is InChI=1S/C25H26N2O4/c1-2-22(31-23-13-7-9-18-8-3-4-10-19(18)23)24(28)26-21-12-6-5-11-20(21)25(29)27-14-16-30-17-15-27/h3-13,22H,2,14-17H2,1H3,(H,26,28)/t22-/m0/s1. The minimum absolute atomic E-state index is 0.109. The minimum Gasteiger partial charge on any atom is -0.480 e. The Bertz CT molecular complexity index is 1070. The summed E-state index contributed by atoms with van der Waals surface area (Å²) in [5, 5.41) is 4.92. The van der Waals surface area contributed by atoms with Crippen molar-refractivity contribution in [3.05, 3.63) is 72.3 Å². The quantitative estimate of drug-likeness (QED) is 0.654. The van der Waals surface area contributed by atoms with Crippen molar-refractivity contribution in [3.63, 3.8) is 0 Å². The van der Waals surface area contributed by atoms with Gasteiger partial charge in [-0.25, -0.2) is 0 Å². The number of hydrogen-bond donors (Lipinski definition) is 1. The molecule has 0 radical (unpaired) electrons. The molecule has 0 aliphatic carbocycles. The Hall–Kier alpha value is -3.38. The number of ether oxygens (including phenoxy) is 2. The number of nitrogens with one attached hydrogen (secondary N) is 1. The molecule has 6 heteroatoms. The lowest BCUT2D eigenvalue weighted by atomic mass is 10.1. The lowest BCUT2D eigenvalue weighted by molar-refractivity contribution is -0.122. The van der Waals surface area contributed by atoms with Crippen LogP contribution >= 0.6 is 0 Å². The van der Waals surface area contributed by atoms with E-state index in [2.05, 4.69) is 5.32 Å². The van der Waals surface area contributed by atoms with Crippen LogP contribution in [-0.4, -0.2) is 49.1 Å². The van der Waals surface area contributed by atoms with Crippen molar-refractivity contribution in [2.45, 2.75) is 19.4 Å². The normalized spacial score (nSPS) is 14.8. The highest BCUT2D eigenvalue weighted by Crippen LogP contribution is 2.27. The molecule has 31 heavy (non-hydrogen) atoms. The van der Waals surface area contributed by atoms with E-state index < -0.39 is 6.10 Å². The Morgan fingerprint density at radius 2 is 1.71 bits per heavy atom. The number of morpholine rings is 1. The molecule has 1 aliphatic rings. The van der Waals surface area contributed by atoms with Gasteiger partial charge < -0.3 is 19.7 Å². The molecule has 0 aromatic heterocycles. The van der Waals surface area contributed by atoms with Crippen LogP contribution in [0.3, 0.4) is 0 Å². The summed E-state index contributed by atoms with van der Waals surface area (Å²) in [6, 6.07) is 20.8. The van der Waals surface area contributed by atoms with Crippen LogP contribution < -0.4 is 10.1 Å². The van der Waals surface area contributed by atoms with Crippen molar-refractivity contribution in [2.75, 3.05) is 31.6 Å². The minimum atomic E-state index is -0.683. The van der Waals surface area contributed by atoms with Gasteiger partial charge in [0.05, 0.1) is 24.5 Å². The number of anilines is 1. The molecular weight excluding hydrogens is 392 g/mol.